The third kappa shape index (κ3) is 783. The van der Waals surface area contributed by atoms with Crippen molar-refractivity contribution >= 4 is 514 Å². The van der Waals surface area contributed by atoms with Crippen molar-refractivity contribution in [2.45, 2.75) is 34.6 Å². The molecule has 0 heterocycles. The third-order valence-corrected chi connectivity index (χ3v) is 0. The minimum atomic E-state index is -0.833. The zero-order valence-corrected chi connectivity index (χ0v) is 56.3. The van der Waals surface area contributed by atoms with E-state index >= 15 is 0 Å². The molecule has 0 fully saturated rings. The van der Waals surface area contributed by atoms with Gasteiger partial charge in [-0.05, 0) is 0 Å². The Morgan fingerprint density at radius 3 is 0.244 bits per heavy atom. The maximum atomic E-state index is 9.00. The van der Waals surface area contributed by atoms with Crippen molar-refractivity contribution in [2.75, 3.05) is 0 Å². The molecule has 0 unspecified atom stereocenters. The van der Waals surface area contributed by atoms with Crippen LogP contribution in [0.25, 0.3) is 0 Å². The second-order valence-electron chi connectivity index (χ2n) is 2.60. The van der Waals surface area contributed by atoms with Crippen LogP contribution in [0.5, 0.6) is 0 Å². The van der Waals surface area contributed by atoms with E-state index in [4.69, 9.17) is 49.5 Å². The standard InChI is InChI=1S/5C2H4O2.21Mg.42H/c5*1-2(3)4;;;;;;;;;;;;;;;;;;;;;;;;;;;;;;;;;;;;;;;;;;;;;;;;;;;;;;;;;;;;;;;/h5*1H3,(H,3,4);;;;;;;;;;;;;;;;;;;;;;;;;;;;;;;;;;;;;;;;;;;;;;;;;;;;;;;;;;;;;;;/q;;;;;21*+2;42*-1. The molecular formula is C10H62Mg21O10. The fourth-order valence-corrected chi connectivity index (χ4v) is 0. The van der Waals surface area contributed by atoms with E-state index in [0.29, 0.717) is 0 Å². The molecule has 0 aromatic carbocycles. The Bertz CT molecular complexity index is 329. The molecule has 0 spiro atoms. The Labute approximate surface area is 645 Å². The summed E-state index contributed by atoms with van der Waals surface area (Å²) >= 11 is 0. The fraction of sp³-hybridized carbons (Fsp3) is 0.500. The van der Waals surface area contributed by atoms with Gasteiger partial charge in [-0.15, -0.1) is 0 Å². The first-order chi connectivity index (χ1) is 8.66. The maximum Gasteiger partial charge on any atom is 2.00 e. The molecule has 41 heavy (non-hydrogen) atoms. The van der Waals surface area contributed by atoms with Gasteiger partial charge in [-0.25, -0.2) is 0 Å². The topological polar surface area (TPSA) is 186 Å². The van der Waals surface area contributed by atoms with E-state index < -0.39 is 29.8 Å². The Morgan fingerprint density at radius 2 is 0.244 bits per heavy atom. The summed E-state index contributed by atoms with van der Waals surface area (Å²) in [5, 5.41) is 37.1. The molecule has 204 valence electrons. The zero-order valence-electron chi connectivity index (χ0n) is 68.6. The quantitative estimate of drug-likeness (QED) is 0.159. The normalized spacial score (nSPS) is 3.05. The zero-order chi connectivity index (χ0) is 17.9. The van der Waals surface area contributed by atoms with Gasteiger partial charge in [0.1, 0.15) is 0 Å². The number of carbonyl (C=O) groups is 5. The van der Waals surface area contributed by atoms with Crippen molar-refractivity contribution in [3.63, 3.8) is 0 Å². The molecule has 0 rings (SSSR count). The van der Waals surface area contributed by atoms with E-state index in [9.17, 15) is 0 Å². The van der Waals surface area contributed by atoms with Crippen LogP contribution in [0, 0.1) is 0 Å². The van der Waals surface area contributed by atoms with E-state index in [0.717, 1.165) is 34.6 Å². The summed E-state index contributed by atoms with van der Waals surface area (Å²) < 4.78 is 0. The summed E-state index contributed by atoms with van der Waals surface area (Å²) in [6.07, 6.45) is 0. The average molecular weight is 853 g/mol. The van der Waals surface area contributed by atoms with Crippen molar-refractivity contribution in [3.05, 3.63) is 0 Å². The summed E-state index contributed by atoms with van der Waals surface area (Å²) in [6, 6.07) is 0. The van der Waals surface area contributed by atoms with Gasteiger partial charge in [0, 0.05) is 34.6 Å². The van der Waals surface area contributed by atoms with E-state index in [-0.39, 0.29) is 544 Å². The summed E-state index contributed by atoms with van der Waals surface area (Å²) in [5.74, 6) is -4.17. The van der Waals surface area contributed by atoms with Crippen LogP contribution in [-0.2, 0) is 24.0 Å². The summed E-state index contributed by atoms with van der Waals surface area (Å²) in [6.45, 7) is 5.42. The number of carboxylic acid groups (broad SMARTS) is 5. The van der Waals surface area contributed by atoms with Crippen molar-refractivity contribution < 1.29 is 109 Å². The Kier molecular flexibility index (Phi) is 852. The van der Waals surface area contributed by atoms with Gasteiger partial charge in [0.2, 0.25) is 0 Å². The van der Waals surface area contributed by atoms with Crippen LogP contribution in [0.2, 0.25) is 0 Å². The summed E-state index contributed by atoms with van der Waals surface area (Å²) in [4.78, 5) is 45.0. The SMILES string of the molecule is CC(=O)O.CC(=O)O.CC(=O)O.CC(=O)O.CC(=O)O.[H-].[H-].[H-].[H-].[H-].[H-].[H-].[H-].[H-].[H-].[H-].[H-].[H-].[H-].[H-].[H-].[H-].[H-].[H-].[H-].[H-].[H-].[H-].[H-].[H-].[H-].[H-].[H-].[H-].[H-].[H-].[H-].[H-].[H-].[H-].[H-].[H-].[H-].[H-].[H-].[H-].[H-].[Mg+2].[Mg+2].[Mg+2].[Mg+2].[Mg+2].[Mg+2].[Mg+2].[Mg+2].[Mg+2].[Mg+2].[Mg+2].[Mg+2].[Mg+2].[Mg+2].[Mg+2].[Mg+2].[Mg+2].[Mg+2].[Mg+2].[Mg+2].[Mg+2]. The van der Waals surface area contributed by atoms with Gasteiger partial charge >= 0.3 is 484 Å². The van der Waals surface area contributed by atoms with Crippen LogP contribution in [0.1, 0.15) is 94.5 Å². The smallest absolute Gasteiger partial charge is 1.00 e. The van der Waals surface area contributed by atoms with E-state index in [1.54, 1.807) is 0 Å². The molecule has 0 radical (unpaired) electrons. The fourth-order valence-electron chi connectivity index (χ4n) is 0. The van der Waals surface area contributed by atoms with Gasteiger partial charge < -0.3 is 85.5 Å². The molecule has 0 saturated heterocycles. The number of aliphatic carboxylic acids is 5. The molecule has 0 saturated carbocycles. The van der Waals surface area contributed by atoms with E-state index in [1.807, 2.05) is 0 Å². The number of hydrogen-bond acceptors (Lipinski definition) is 5. The van der Waals surface area contributed by atoms with Crippen LogP contribution in [0.3, 0.4) is 0 Å². The van der Waals surface area contributed by atoms with Gasteiger partial charge in [-0.2, -0.15) is 0 Å². The molecule has 0 aliphatic heterocycles. The second-order valence-corrected chi connectivity index (χ2v) is 2.60. The van der Waals surface area contributed by atoms with Crippen molar-refractivity contribution in [3.8, 4) is 0 Å². The minimum absolute atomic E-state index is 0. The Morgan fingerprint density at radius 1 is 0.244 bits per heavy atom. The van der Waals surface area contributed by atoms with Crippen molar-refractivity contribution in [2.24, 2.45) is 0 Å². The second kappa shape index (κ2) is 182. The van der Waals surface area contributed by atoms with E-state index in [1.165, 1.54) is 0 Å². The van der Waals surface area contributed by atoms with Crippen LogP contribution in [-0.4, -0.2) is 539 Å². The third-order valence-electron chi connectivity index (χ3n) is 0. The van der Waals surface area contributed by atoms with Gasteiger partial charge in [0.25, 0.3) is 29.8 Å². The van der Waals surface area contributed by atoms with Crippen LogP contribution in [0.4, 0.5) is 0 Å². The summed E-state index contributed by atoms with van der Waals surface area (Å²) in [5.41, 5.74) is 0. The molecule has 0 aliphatic rings. The van der Waals surface area contributed by atoms with Gasteiger partial charge in [0.05, 0.1) is 0 Å². The number of rotatable bonds is 0. The number of carboxylic acids is 5. The minimum Gasteiger partial charge on any atom is -1.00 e. The molecule has 0 atom stereocenters. The predicted octanol–water partition coefficient (Wildman–Crippen LogP) is -2.82. The first-order valence-electron chi connectivity index (χ1n) is 4.64. The van der Waals surface area contributed by atoms with Crippen LogP contribution >= 0.6 is 0 Å². The molecule has 0 amide bonds. The first-order valence-corrected chi connectivity index (χ1v) is 4.64. The average Bonchev–Trinajstić information content (AvgIpc) is 1.94. The Balaban J connectivity index is -0.000000000432. The molecule has 10 nitrogen and oxygen atoms in total. The Hall–Kier alpha value is 13.4. The molecular weight excluding hydrogens is 791 g/mol. The first kappa shape index (κ1) is 192. The van der Waals surface area contributed by atoms with Crippen LogP contribution in [0.15, 0.2) is 0 Å². The van der Waals surface area contributed by atoms with Gasteiger partial charge in [-0.1, -0.05) is 0 Å². The monoisotopic (exact) mass is 846 g/mol. The molecule has 0 aliphatic carbocycles. The largest absolute Gasteiger partial charge is 2.00 e. The number of hydrogen-bond donors (Lipinski definition) is 5. The van der Waals surface area contributed by atoms with Crippen LogP contribution < -0.4 is 0 Å². The molecule has 5 N–H and O–H groups in total. The van der Waals surface area contributed by atoms with Gasteiger partial charge in [-0.3, -0.25) is 24.0 Å². The molecule has 0 aromatic rings. The van der Waals surface area contributed by atoms with Crippen molar-refractivity contribution in [1.82, 2.24) is 0 Å². The maximum absolute atomic E-state index is 9.00. The predicted molar refractivity (Wildman–Crippen MR) is 234 cm³/mol. The molecule has 31 heteroatoms. The van der Waals surface area contributed by atoms with E-state index in [2.05, 4.69) is 0 Å². The summed E-state index contributed by atoms with van der Waals surface area (Å²) in [7, 11) is 0. The molecule has 0 aromatic heterocycles. The van der Waals surface area contributed by atoms with Gasteiger partial charge in [0.15, 0.2) is 0 Å². The van der Waals surface area contributed by atoms with Crippen molar-refractivity contribution in [1.29, 1.82) is 0 Å². The molecule has 0 bridgehead atoms.